The van der Waals surface area contributed by atoms with E-state index in [4.69, 9.17) is 0 Å². The number of carbonyl (C=O) groups is 1. The van der Waals surface area contributed by atoms with Gasteiger partial charge in [-0.05, 0) is 38.1 Å². The van der Waals surface area contributed by atoms with Gasteiger partial charge in [0.2, 0.25) is 0 Å². The molecule has 0 unspecified atom stereocenters. The van der Waals surface area contributed by atoms with Gasteiger partial charge in [-0.15, -0.1) is 0 Å². The van der Waals surface area contributed by atoms with E-state index in [2.05, 4.69) is 14.7 Å². The molecular formula is C13H15N3O. The summed E-state index contributed by atoms with van der Waals surface area (Å²) in [6.45, 7) is 2.10. The maximum Gasteiger partial charge on any atom is 0.152 e. The van der Waals surface area contributed by atoms with Crippen molar-refractivity contribution in [3.63, 3.8) is 0 Å². The molecule has 0 aromatic carbocycles. The molecule has 0 atom stereocenters. The number of rotatable bonds is 2. The Balaban J connectivity index is 2.08. The summed E-state index contributed by atoms with van der Waals surface area (Å²) in [6.07, 6.45) is 6.92. The lowest BCUT2D eigenvalue weighted by atomic mass is 9.97. The molecule has 1 fully saturated rings. The molecule has 4 heteroatoms. The number of aldehydes is 1. The fourth-order valence-corrected chi connectivity index (χ4v) is 2.55. The van der Waals surface area contributed by atoms with Crippen LogP contribution in [0.25, 0.3) is 5.52 Å². The molecule has 1 aliphatic rings. The van der Waals surface area contributed by atoms with Crippen molar-refractivity contribution in [2.45, 2.75) is 18.8 Å². The molecule has 17 heavy (non-hydrogen) atoms. The third kappa shape index (κ3) is 1.74. The predicted octanol–water partition coefficient (Wildman–Crippen LogP) is 1.61. The van der Waals surface area contributed by atoms with E-state index in [1.54, 1.807) is 6.20 Å². The second kappa shape index (κ2) is 4.30. The third-order valence-electron chi connectivity index (χ3n) is 3.46. The Hall–Kier alpha value is -1.68. The Kier molecular flexibility index (Phi) is 2.65. The molecule has 2 aromatic rings. The molecule has 1 saturated heterocycles. The summed E-state index contributed by atoms with van der Waals surface area (Å²) in [6, 6.07) is 3.74. The zero-order chi connectivity index (χ0) is 11.7. The topological polar surface area (TPSA) is 46.4 Å². The first-order valence-electron chi connectivity index (χ1n) is 6.02. The third-order valence-corrected chi connectivity index (χ3v) is 3.46. The molecule has 0 amide bonds. The zero-order valence-electron chi connectivity index (χ0n) is 9.60. The van der Waals surface area contributed by atoms with Crippen LogP contribution < -0.4 is 5.32 Å². The Labute approximate surface area is 99.7 Å². The Morgan fingerprint density at radius 1 is 1.41 bits per heavy atom. The van der Waals surface area contributed by atoms with Crippen LogP contribution in [-0.2, 0) is 0 Å². The highest BCUT2D eigenvalue weighted by Crippen LogP contribution is 2.25. The minimum Gasteiger partial charge on any atom is -0.317 e. The van der Waals surface area contributed by atoms with Crippen LogP contribution in [0, 0.1) is 0 Å². The second-order valence-electron chi connectivity index (χ2n) is 4.48. The summed E-state index contributed by atoms with van der Waals surface area (Å²) < 4.78 is 2.06. The molecular weight excluding hydrogens is 214 g/mol. The minimum atomic E-state index is 0.501. The Bertz CT molecular complexity index is 541. The predicted molar refractivity (Wildman–Crippen MR) is 65.4 cm³/mol. The Morgan fingerprint density at radius 3 is 3.00 bits per heavy atom. The average Bonchev–Trinajstić information content (AvgIpc) is 2.83. The van der Waals surface area contributed by atoms with Crippen LogP contribution in [0.15, 0.2) is 24.5 Å². The number of aromatic nitrogens is 2. The number of nitrogens with zero attached hydrogens (tertiary/aromatic N) is 2. The van der Waals surface area contributed by atoms with Gasteiger partial charge in [0, 0.05) is 17.7 Å². The van der Waals surface area contributed by atoms with Crippen LogP contribution in [0.2, 0.25) is 0 Å². The molecule has 1 aliphatic heterocycles. The van der Waals surface area contributed by atoms with Gasteiger partial charge in [-0.1, -0.05) is 0 Å². The van der Waals surface area contributed by atoms with Gasteiger partial charge < -0.3 is 9.72 Å². The largest absolute Gasteiger partial charge is 0.317 e. The zero-order valence-corrected chi connectivity index (χ0v) is 9.60. The highest BCUT2D eigenvalue weighted by Gasteiger charge is 2.19. The van der Waals surface area contributed by atoms with E-state index in [0.29, 0.717) is 11.5 Å². The normalized spacial score (nSPS) is 17.4. The summed E-state index contributed by atoms with van der Waals surface area (Å²) in [5.41, 5.74) is 1.62. The van der Waals surface area contributed by atoms with E-state index in [1.807, 2.05) is 18.3 Å². The summed E-state index contributed by atoms with van der Waals surface area (Å²) in [4.78, 5) is 15.5. The number of imidazole rings is 1. The SMILES string of the molecule is O=Cc1cccn2c(C3CCNCC3)ncc12. The van der Waals surface area contributed by atoms with Crippen molar-refractivity contribution in [3.05, 3.63) is 35.9 Å². The molecule has 88 valence electrons. The minimum absolute atomic E-state index is 0.501. The van der Waals surface area contributed by atoms with Crippen molar-refractivity contribution < 1.29 is 4.79 Å². The number of carbonyl (C=O) groups excluding carboxylic acids is 1. The van der Waals surface area contributed by atoms with Gasteiger partial charge in [0.15, 0.2) is 6.29 Å². The first-order valence-corrected chi connectivity index (χ1v) is 6.02. The van der Waals surface area contributed by atoms with E-state index in [0.717, 1.165) is 43.6 Å². The number of pyridine rings is 1. The molecule has 3 rings (SSSR count). The van der Waals surface area contributed by atoms with Crippen molar-refractivity contribution in [1.29, 1.82) is 0 Å². The average molecular weight is 229 g/mol. The molecule has 0 saturated carbocycles. The number of hydrogen-bond donors (Lipinski definition) is 1. The fraction of sp³-hybridized carbons (Fsp3) is 0.385. The lowest BCUT2D eigenvalue weighted by molar-refractivity contribution is 0.112. The van der Waals surface area contributed by atoms with E-state index >= 15 is 0 Å². The van der Waals surface area contributed by atoms with Crippen molar-refractivity contribution in [2.75, 3.05) is 13.1 Å². The molecule has 0 aliphatic carbocycles. The molecule has 1 N–H and O–H groups in total. The molecule has 0 spiro atoms. The van der Waals surface area contributed by atoms with Gasteiger partial charge in [-0.25, -0.2) is 4.98 Å². The fourth-order valence-electron chi connectivity index (χ4n) is 2.55. The van der Waals surface area contributed by atoms with E-state index < -0.39 is 0 Å². The second-order valence-corrected chi connectivity index (χ2v) is 4.48. The first kappa shape index (κ1) is 10.5. The van der Waals surface area contributed by atoms with E-state index in [-0.39, 0.29) is 0 Å². The van der Waals surface area contributed by atoms with Crippen LogP contribution in [0.1, 0.15) is 34.9 Å². The molecule has 0 bridgehead atoms. The molecule has 3 heterocycles. The first-order chi connectivity index (χ1) is 8.40. The summed E-state index contributed by atoms with van der Waals surface area (Å²) >= 11 is 0. The van der Waals surface area contributed by atoms with Crippen molar-refractivity contribution in [2.24, 2.45) is 0 Å². The lowest BCUT2D eigenvalue weighted by Gasteiger charge is -2.21. The number of fused-ring (bicyclic) bond motifs is 1. The number of piperidine rings is 1. The summed E-state index contributed by atoms with van der Waals surface area (Å²) in [5, 5.41) is 3.35. The number of hydrogen-bond acceptors (Lipinski definition) is 3. The van der Waals surface area contributed by atoms with E-state index in [9.17, 15) is 4.79 Å². The Morgan fingerprint density at radius 2 is 2.24 bits per heavy atom. The van der Waals surface area contributed by atoms with Gasteiger partial charge >= 0.3 is 0 Å². The lowest BCUT2D eigenvalue weighted by Crippen LogP contribution is -2.27. The van der Waals surface area contributed by atoms with Crippen molar-refractivity contribution in [1.82, 2.24) is 14.7 Å². The standard InChI is InChI=1S/C13H15N3O/c17-9-11-2-1-7-16-12(11)8-15-13(16)10-3-5-14-6-4-10/h1-2,7-10,14H,3-6H2. The maximum absolute atomic E-state index is 11.0. The van der Waals surface area contributed by atoms with Crippen LogP contribution in [-0.4, -0.2) is 28.8 Å². The summed E-state index contributed by atoms with van der Waals surface area (Å²) in [5.74, 6) is 1.59. The van der Waals surface area contributed by atoms with Gasteiger partial charge in [-0.2, -0.15) is 0 Å². The highest BCUT2D eigenvalue weighted by atomic mass is 16.1. The summed E-state index contributed by atoms with van der Waals surface area (Å²) in [7, 11) is 0. The van der Waals surface area contributed by atoms with Crippen LogP contribution in [0.4, 0.5) is 0 Å². The van der Waals surface area contributed by atoms with Gasteiger partial charge in [0.25, 0.3) is 0 Å². The van der Waals surface area contributed by atoms with Crippen LogP contribution in [0.5, 0.6) is 0 Å². The van der Waals surface area contributed by atoms with Gasteiger partial charge in [0.1, 0.15) is 5.82 Å². The van der Waals surface area contributed by atoms with Crippen LogP contribution >= 0.6 is 0 Å². The molecule has 4 nitrogen and oxygen atoms in total. The molecule has 0 radical (unpaired) electrons. The van der Waals surface area contributed by atoms with Gasteiger partial charge in [-0.3, -0.25) is 4.79 Å². The van der Waals surface area contributed by atoms with Crippen LogP contribution in [0.3, 0.4) is 0 Å². The smallest absolute Gasteiger partial charge is 0.152 e. The van der Waals surface area contributed by atoms with Crippen molar-refractivity contribution >= 4 is 11.8 Å². The van der Waals surface area contributed by atoms with E-state index in [1.165, 1.54) is 0 Å². The maximum atomic E-state index is 11.0. The monoisotopic (exact) mass is 229 g/mol. The highest BCUT2D eigenvalue weighted by molar-refractivity contribution is 5.85. The van der Waals surface area contributed by atoms with Crippen molar-refractivity contribution in [3.8, 4) is 0 Å². The molecule has 2 aromatic heterocycles. The quantitative estimate of drug-likeness (QED) is 0.796. The van der Waals surface area contributed by atoms with Gasteiger partial charge in [0.05, 0.1) is 11.7 Å². The number of nitrogens with one attached hydrogen (secondary N) is 1.